The zero-order chi connectivity index (χ0) is 15.8. The van der Waals surface area contributed by atoms with Crippen LogP contribution in [0.2, 0.25) is 5.02 Å². The van der Waals surface area contributed by atoms with Crippen LogP contribution < -0.4 is 4.74 Å². The summed E-state index contributed by atoms with van der Waals surface area (Å²) in [5.41, 5.74) is 0.683. The molecule has 0 amide bonds. The van der Waals surface area contributed by atoms with Crippen molar-refractivity contribution in [3.05, 3.63) is 46.9 Å². The van der Waals surface area contributed by atoms with Crippen molar-refractivity contribution in [3.63, 3.8) is 0 Å². The van der Waals surface area contributed by atoms with Crippen molar-refractivity contribution in [3.8, 4) is 16.5 Å². The summed E-state index contributed by atoms with van der Waals surface area (Å²) in [5.74, 6) is 2.05. The average Bonchev–Trinajstić information content (AvgIpc) is 3.22. The van der Waals surface area contributed by atoms with E-state index in [2.05, 4.69) is 20.5 Å². The number of rotatable bonds is 4. The van der Waals surface area contributed by atoms with Gasteiger partial charge in [-0.25, -0.2) is 0 Å². The van der Waals surface area contributed by atoms with E-state index in [1.54, 1.807) is 28.8 Å². The number of aryl methyl sites for hydroxylation is 1. The molecule has 9 heteroatoms. The molecule has 7 nitrogen and oxygen atoms in total. The largest absolute Gasteiger partial charge is 0.486 e. The van der Waals surface area contributed by atoms with Crippen molar-refractivity contribution < 1.29 is 9.26 Å². The minimum Gasteiger partial charge on any atom is -0.486 e. The molecule has 1 aromatic carbocycles. The Balaban J connectivity index is 1.58. The molecule has 0 unspecified atom stereocenters. The normalized spacial score (nSPS) is 11.2. The standard InChI is InChI=1S/C14H10ClN5O2S/c1-8-6-11(19-22-8)13-18-20-12(16-17-14(20)23-13)7-21-10-4-2-9(15)3-5-10/h2-6H,7H2,1H3. The number of ether oxygens (including phenoxy) is 1. The molecule has 0 aliphatic carbocycles. The third-order valence-electron chi connectivity index (χ3n) is 3.08. The first-order valence-corrected chi connectivity index (χ1v) is 7.92. The lowest BCUT2D eigenvalue weighted by Crippen LogP contribution is -2.02. The highest BCUT2D eigenvalue weighted by Gasteiger charge is 2.15. The number of aromatic nitrogens is 5. The van der Waals surface area contributed by atoms with E-state index in [0.29, 0.717) is 27.3 Å². The topological polar surface area (TPSA) is 78.3 Å². The molecule has 116 valence electrons. The fourth-order valence-electron chi connectivity index (χ4n) is 2.00. The van der Waals surface area contributed by atoms with Crippen molar-refractivity contribution in [1.29, 1.82) is 0 Å². The van der Waals surface area contributed by atoms with E-state index in [1.165, 1.54) is 11.3 Å². The summed E-state index contributed by atoms with van der Waals surface area (Å²) in [7, 11) is 0. The highest BCUT2D eigenvalue weighted by atomic mass is 35.5. The molecule has 0 aliphatic rings. The van der Waals surface area contributed by atoms with Crippen LogP contribution in [0.3, 0.4) is 0 Å². The molecule has 0 radical (unpaired) electrons. The molecule has 0 bridgehead atoms. The molecule has 0 fully saturated rings. The first-order chi connectivity index (χ1) is 11.2. The van der Waals surface area contributed by atoms with Gasteiger partial charge in [0, 0.05) is 11.1 Å². The van der Waals surface area contributed by atoms with Crippen molar-refractivity contribution in [2.75, 3.05) is 0 Å². The molecular formula is C14H10ClN5O2S. The van der Waals surface area contributed by atoms with Gasteiger partial charge in [0.2, 0.25) is 4.96 Å². The van der Waals surface area contributed by atoms with E-state index < -0.39 is 0 Å². The SMILES string of the molecule is Cc1cc(-c2nn3c(COc4ccc(Cl)cc4)nnc3s2)no1. The third kappa shape index (κ3) is 2.78. The molecule has 0 atom stereocenters. The number of fused-ring (bicyclic) bond motifs is 1. The summed E-state index contributed by atoms with van der Waals surface area (Å²) in [5, 5.41) is 18.0. The lowest BCUT2D eigenvalue weighted by atomic mass is 10.3. The van der Waals surface area contributed by atoms with E-state index in [1.807, 2.05) is 13.0 Å². The van der Waals surface area contributed by atoms with Gasteiger partial charge < -0.3 is 9.26 Å². The van der Waals surface area contributed by atoms with Gasteiger partial charge in [-0.05, 0) is 31.2 Å². The lowest BCUT2D eigenvalue weighted by Gasteiger charge is -2.03. The second-order valence-electron chi connectivity index (χ2n) is 4.78. The van der Waals surface area contributed by atoms with E-state index in [-0.39, 0.29) is 6.61 Å². The lowest BCUT2D eigenvalue weighted by molar-refractivity contribution is 0.293. The Labute approximate surface area is 139 Å². The summed E-state index contributed by atoms with van der Waals surface area (Å²) >= 11 is 7.24. The average molecular weight is 348 g/mol. The quantitative estimate of drug-likeness (QED) is 0.563. The maximum Gasteiger partial charge on any atom is 0.235 e. The Morgan fingerprint density at radius 3 is 2.83 bits per heavy atom. The van der Waals surface area contributed by atoms with Crippen molar-refractivity contribution >= 4 is 27.9 Å². The molecule has 4 aromatic rings. The number of nitrogens with zero attached hydrogens (tertiary/aromatic N) is 5. The second kappa shape index (κ2) is 5.64. The highest BCUT2D eigenvalue weighted by molar-refractivity contribution is 7.19. The highest BCUT2D eigenvalue weighted by Crippen LogP contribution is 2.25. The van der Waals surface area contributed by atoms with Crippen LogP contribution in [-0.4, -0.2) is 25.0 Å². The first-order valence-electron chi connectivity index (χ1n) is 6.72. The van der Waals surface area contributed by atoms with Crippen molar-refractivity contribution in [2.45, 2.75) is 13.5 Å². The van der Waals surface area contributed by atoms with Crippen LogP contribution in [0.15, 0.2) is 34.9 Å². The summed E-state index contributed by atoms with van der Waals surface area (Å²) in [4.78, 5) is 0.676. The summed E-state index contributed by atoms with van der Waals surface area (Å²) in [6.45, 7) is 2.09. The smallest absolute Gasteiger partial charge is 0.235 e. The van der Waals surface area contributed by atoms with Crippen molar-refractivity contribution in [1.82, 2.24) is 25.0 Å². The molecule has 3 heterocycles. The van der Waals surface area contributed by atoms with Crippen LogP contribution in [0.25, 0.3) is 15.7 Å². The summed E-state index contributed by atoms with van der Waals surface area (Å²) in [6.07, 6.45) is 0. The molecular weight excluding hydrogens is 338 g/mol. The van der Waals surface area contributed by atoms with E-state index in [4.69, 9.17) is 20.9 Å². The first kappa shape index (κ1) is 14.2. The Bertz CT molecular complexity index is 959. The second-order valence-corrected chi connectivity index (χ2v) is 6.18. The third-order valence-corrected chi connectivity index (χ3v) is 4.26. The van der Waals surface area contributed by atoms with Crippen LogP contribution >= 0.6 is 22.9 Å². The Morgan fingerprint density at radius 2 is 2.09 bits per heavy atom. The molecule has 0 aliphatic heterocycles. The summed E-state index contributed by atoms with van der Waals surface area (Å²) in [6, 6.07) is 8.96. The Morgan fingerprint density at radius 1 is 1.26 bits per heavy atom. The van der Waals surface area contributed by atoms with Gasteiger partial charge in [0.25, 0.3) is 0 Å². The molecule has 4 rings (SSSR count). The molecule has 0 spiro atoms. The number of hydrogen-bond acceptors (Lipinski definition) is 7. The van der Waals surface area contributed by atoms with Crippen LogP contribution in [0, 0.1) is 6.92 Å². The molecule has 3 aromatic heterocycles. The van der Waals surface area contributed by atoms with Gasteiger partial charge in [-0.15, -0.1) is 10.2 Å². The zero-order valence-electron chi connectivity index (χ0n) is 11.9. The van der Waals surface area contributed by atoms with Crippen LogP contribution in [0.5, 0.6) is 5.75 Å². The Kier molecular flexibility index (Phi) is 3.47. The van der Waals surface area contributed by atoms with Gasteiger partial charge in [-0.2, -0.15) is 9.61 Å². The van der Waals surface area contributed by atoms with E-state index in [0.717, 1.165) is 10.8 Å². The monoisotopic (exact) mass is 347 g/mol. The molecule has 0 saturated carbocycles. The van der Waals surface area contributed by atoms with Gasteiger partial charge in [-0.3, -0.25) is 0 Å². The number of hydrogen-bond donors (Lipinski definition) is 0. The zero-order valence-corrected chi connectivity index (χ0v) is 13.5. The predicted molar refractivity (Wildman–Crippen MR) is 84.7 cm³/mol. The van der Waals surface area contributed by atoms with E-state index in [9.17, 15) is 0 Å². The van der Waals surface area contributed by atoms with Gasteiger partial charge in [0.05, 0.1) is 0 Å². The molecule has 0 saturated heterocycles. The van der Waals surface area contributed by atoms with Crippen LogP contribution in [0.1, 0.15) is 11.6 Å². The fourth-order valence-corrected chi connectivity index (χ4v) is 2.93. The van der Waals surface area contributed by atoms with Crippen LogP contribution in [0.4, 0.5) is 0 Å². The fraction of sp³-hybridized carbons (Fsp3) is 0.143. The predicted octanol–water partition coefficient (Wildman–Crippen LogP) is 3.38. The van der Waals surface area contributed by atoms with Crippen LogP contribution in [-0.2, 0) is 6.61 Å². The molecule has 23 heavy (non-hydrogen) atoms. The maximum absolute atomic E-state index is 5.85. The van der Waals surface area contributed by atoms with Gasteiger partial charge in [0.15, 0.2) is 10.8 Å². The van der Waals surface area contributed by atoms with Gasteiger partial charge in [0.1, 0.15) is 23.8 Å². The van der Waals surface area contributed by atoms with Crippen molar-refractivity contribution in [2.24, 2.45) is 0 Å². The number of halogens is 1. The van der Waals surface area contributed by atoms with Gasteiger partial charge >= 0.3 is 0 Å². The maximum atomic E-state index is 5.85. The minimum atomic E-state index is 0.254. The minimum absolute atomic E-state index is 0.254. The number of benzene rings is 1. The Hall–Kier alpha value is -2.45. The van der Waals surface area contributed by atoms with Gasteiger partial charge in [-0.1, -0.05) is 28.1 Å². The summed E-state index contributed by atoms with van der Waals surface area (Å²) < 4.78 is 12.4. The van der Waals surface area contributed by atoms with E-state index >= 15 is 0 Å². The molecule has 0 N–H and O–H groups in total.